The molecule has 1 N–H and O–H groups in total. The summed E-state index contributed by atoms with van der Waals surface area (Å²) in [5, 5.41) is 4.20. The van der Waals surface area contributed by atoms with E-state index in [1.54, 1.807) is 35.7 Å². The molecule has 7 heteroatoms. The molecule has 0 saturated heterocycles. The lowest BCUT2D eigenvalue weighted by molar-refractivity contribution is -0.140. The molecular weight excluding hydrogens is 427 g/mol. The number of amides is 2. The molecule has 0 aromatic heterocycles. The van der Waals surface area contributed by atoms with Crippen LogP contribution in [-0.2, 0) is 16.1 Å². The Morgan fingerprint density at radius 3 is 2.21 bits per heavy atom. The molecule has 2 rings (SSSR count). The summed E-state index contributed by atoms with van der Waals surface area (Å²) in [6, 6.07) is 14.3. The highest BCUT2D eigenvalue weighted by atomic mass is 35.5. The lowest BCUT2D eigenvalue weighted by Gasteiger charge is -2.29. The lowest BCUT2D eigenvalue weighted by atomic mass is 10.1. The predicted octanol–water partition coefficient (Wildman–Crippen LogP) is 5.42. The Morgan fingerprint density at radius 2 is 1.62 bits per heavy atom. The number of hydrogen-bond acceptors (Lipinski definition) is 3. The van der Waals surface area contributed by atoms with Crippen LogP contribution in [0.1, 0.15) is 32.3 Å². The van der Waals surface area contributed by atoms with Gasteiger partial charge in [-0.05, 0) is 55.3 Å². The molecule has 0 fully saturated rings. The van der Waals surface area contributed by atoms with E-state index < -0.39 is 6.04 Å². The molecule has 156 valence electrons. The topological polar surface area (TPSA) is 49.4 Å². The molecule has 0 radical (unpaired) electrons. The molecule has 0 saturated carbocycles. The van der Waals surface area contributed by atoms with Crippen LogP contribution in [0.5, 0.6) is 0 Å². The Labute approximate surface area is 187 Å². The van der Waals surface area contributed by atoms with Gasteiger partial charge in [-0.2, -0.15) is 0 Å². The molecule has 0 unspecified atom stereocenters. The molecular formula is C22H26Cl2N2O2S. The van der Waals surface area contributed by atoms with Crippen molar-refractivity contribution >= 4 is 46.8 Å². The second kappa shape index (κ2) is 12.1. The Hall–Kier alpha value is -1.69. The first kappa shape index (κ1) is 23.6. The van der Waals surface area contributed by atoms with Crippen LogP contribution in [0.4, 0.5) is 0 Å². The van der Waals surface area contributed by atoms with Crippen LogP contribution < -0.4 is 5.32 Å². The molecule has 29 heavy (non-hydrogen) atoms. The van der Waals surface area contributed by atoms with Gasteiger partial charge < -0.3 is 10.2 Å². The fourth-order valence-corrected chi connectivity index (χ4v) is 3.79. The summed E-state index contributed by atoms with van der Waals surface area (Å²) in [5.41, 5.74) is 0.934. The van der Waals surface area contributed by atoms with Gasteiger partial charge in [0.25, 0.3) is 0 Å². The summed E-state index contributed by atoms with van der Waals surface area (Å²) in [6.45, 7) is 4.72. The second-order valence-electron chi connectivity index (χ2n) is 6.67. The third kappa shape index (κ3) is 7.92. The number of nitrogens with zero attached hydrogens (tertiary/aromatic N) is 1. The highest BCUT2D eigenvalue weighted by Crippen LogP contribution is 2.22. The number of carbonyl (C=O) groups is 2. The summed E-state index contributed by atoms with van der Waals surface area (Å²) < 4.78 is 0. The molecule has 4 nitrogen and oxygen atoms in total. The largest absolute Gasteiger partial charge is 0.354 e. The van der Waals surface area contributed by atoms with Gasteiger partial charge in [-0.1, -0.05) is 42.3 Å². The van der Waals surface area contributed by atoms with E-state index in [2.05, 4.69) is 5.32 Å². The van der Waals surface area contributed by atoms with Gasteiger partial charge in [0.2, 0.25) is 11.8 Å². The average molecular weight is 453 g/mol. The van der Waals surface area contributed by atoms with Gasteiger partial charge in [0.05, 0.1) is 0 Å². The Bertz CT molecular complexity index is 797. The molecule has 0 heterocycles. The molecule has 0 spiro atoms. The fourth-order valence-electron chi connectivity index (χ4n) is 2.70. The van der Waals surface area contributed by atoms with Gasteiger partial charge in [0.1, 0.15) is 6.04 Å². The van der Waals surface area contributed by atoms with E-state index in [1.165, 1.54) is 0 Å². The zero-order valence-corrected chi connectivity index (χ0v) is 19.0. The van der Waals surface area contributed by atoms with Crippen molar-refractivity contribution in [3.8, 4) is 0 Å². The van der Waals surface area contributed by atoms with Crippen LogP contribution in [0.3, 0.4) is 0 Å². The van der Waals surface area contributed by atoms with Crippen molar-refractivity contribution < 1.29 is 9.59 Å². The van der Waals surface area contributed by atoms with Gasteiger partial charge in [0, 0.05) is 40.2 Å². The number of rotatable bonds is 10. The van der Waals surface area contributed by atoms with E-state index in [-0.39, 0.29) is 11.8 Å². The third-order valence-corrected chi connectivity index (χ3v) is 5.90. The Morgan fingerprint density at radius 1 is 1.03 bits per heavy atom. The van der Waals surface area contributed by atoms with E-state index in [9.17, 15) is 9.59 Å². The zero-order valence-electron chi connectivity index (χ0n) is 16.7. The van der Waals surface area contributed by atoms with Crippen molar-refractivity contribution in [1.29, 1.82) is 0 Å². The van der Waals surface area contributed by atoms with Crippen LogP contribution in [-0.4, -0.2) is 35.1 Å². The average Bonchev–Trinajstić information content (AvgIpc) is 2.72. The summed E-state index contributed by atoms with van der Waals surface area (Å²) in [7, 11) is 0. The first-order valence-electron chi connectivity index (χ1n) is 9.60. The van der Waals surface area contributed by atoms with Crippen LogP contribution in [0, 0.1) is 0 Å². The quantitative estimate of drug-likeness (QED) is 0.489. The van der Waals surface area contributed by atoms with Crippen LogP contribution in [0.2, 0.25) is 10.0 Å². The molecule has 1 atom stereocenters. The maximum absolute atomic E-state index is 13.0. The first-order valence-corrected chi connectivity index (χ1v) is 11.3. The number of carbonyl (C=O) groups excluding carboxylic acids is 2. The van der Waals surface area contributed by atoms with Crippen LogP contribution in [0.25, 0.3) is 0 Å². The highest BCUT2D eigenvalue weighted by Gasteiger charge is 2.25. The van der Waals surface area contributed by atoms with Crippen molar-refractivity contribution in [2.45, 2.75) is 44.2 Å². The molecule has 2 aromatic carbocycles. The van der Waals surface area contributed by atoms with Crippen molar-refractivity contribution in [3.63, 3.8) is 0 Å². The Kier molecular flexibility index (Phi) is 9.85. The maximum atomic E-state index is 13.0. The van der Waals surface area contributed by atoms with E-state index >= 15 is 0 Å². The maximum Gasteiger partial charge on any atom is 0.242 e. The zero-order chi connectivity index (χ0) is 21.2. The van der Waals surface area contributed by atoms with Gasteiger partial charge >= 0.3 is 0 Å². The molecule has 0 aliphatic heterocycles. The molecule has 0 bridgehead atoms. The van der Waals surface area contributed by atoms with Crippen molar-refractivity contribution in [2.24, 2.45) is 0 Å². The second-order valence-corrected chi connectivity index (χ2v) is 8.71. The van der Waals surface area contributed by atoms with E-state index in [4.69, 9.17) is 23.2 Å². The minimum absolute atomic E-state index is 0.0550. The monoisotopic (exact) mass is 452 g/mol. The summed E-state index contributed by atoms with van der Waals surface area (Å²) in [6.07, 6.45) is 1.19. The van der Waals surface area contributed by atoms with Gasteiger partial charge in [-0.3, -0.25) is 9.59 Å². The van der Waals surface area contributed by atoms with Crippen LogP contribution in [0.15, 0.2) is 53.4 Å². The normalized spacial score (nSPS) is 11.7. The number of halogens is 2. The first-order chi connectivity index (χ1) is 13.9. The minimum atomic E-state index is -0.551. The van der Waals surface area contributed by atoms with E-state index in [1.807, 2.05) is 43.3 Å². The standard InChI is InChI=1S/C22H26Cl2N2O2S/c1-3-13-25-22(28)16(2)26(15-17-4-6-18(23)7-5-17)21(27)12-14-29-20-10-8-19(24)9-11-20/h4-11,16H,3,12-15H2,1-2H3,(H,25,28)/t16-/m0/s1. The smallest absolute Gasteiger partial charge is 0.242 e. The minimum Gasteiger partial charge on any atom is -0.354 e. The number of benzene rings is 2. The molecule has 0 aliphatic rings. The summed E-state index contributed by atoms with van der Waals surface area (Å²) in [5.74, 6) is 0.432. The van der Waals surface area contributed by atoms with Crippen molar-refractivity contribution in [2.75, 3.05) is 12.3 Å². The SMILES string of the molecule is CCCNC(=O)[C@H](C)N(Cc1ccc(Cl)cc1)C(=O)CCSc1ccc(Cl)cc1. The number of nitrogens with one attached hydrogen (secondary N) is 1. The van der Waals surface area contributed by atoms with Crippen molar-refractivity contribution in [3.05, 3.63) is 64.1 Å². The van der Waals surface area contributed by atoms with Gasteiger partial charge in [-0.25, -0.2) is 0 Å². The summed E-state index contributed by atoms with van der Waals surface area (Å²) >= 11 is 13.5. The van der Waals surface area contributed by atoms with Crippen molar-refractivity contribution in [1.82, 2.24) is 10.2 Å². The van der Waals surface area contributed by atoms with E-state index in [0.29, 0.717) is 35.3 Å². The Balaban J connectivity index is 2.03. The van der Waals surface area contributed by atoms with Gasteiger partial charge in [-0.15, -0.1) is 11.8 Å². The molecule has 0 aliphatic carbocycles. The number of thioether (sulfide) groups is 1. The van der Waals surface area contributed by atoms with Gasteiger partial charge in [0.15, 0.2) is 0 Å². The highest BCUT2D eigenvalue weighted by molar-refractivity contribution is 7.99. The van der Waals surface area contributed by atoms with Crippen LogP contribution >= 0.6 is 35.0 Å². The summed E-state index contributed by atoms with van der Waals surface area (Å²) in [4.78, 5) is 28.1. The number of hydrogen-bond donors (Lipinski definition) is 1. The molecule has 2 amide bonds. The molecule has 2 aromatic rings. The lowest BCUT2D eigenvalue weighted by Crippen LogP contribution is -2.47. The fraction of sp³-hybridized carbons (Fsp3) is 0.364. The predicted molar refractivity (Wildman–Crippen MR) is 122 cm³/mol. The van der Waals surface area contributed by atoms with E-state index in [0.717, 1.165) is 16.9 Å². The third-order valence-electron chi connectivity index (χ3n) is 4.38.